The number of nitrogens with zero attached hydrogens (tertiary/aromatic N) is 1. The number of amides is 2. The molecule has 2 heterocycles. The Morgan fingerprint density at radius 2 is 1.50 bits per heavy atom. The van der Waals surface area contributed by atoms with Crippen molar-refractivity contribution >= 4 is 34.6 Å². The van der Waals surface area contributed by atoms with E-state index in [1.165, 1.54) is 7.11 Å². The molecule has 0 aliphatic carbocycles. The SMILES string of the molecule is COC(=O)Cc1ccc(NC(=O)[C@H]2Cc3c([nH]c4ccccc34)C(c3ccc(-c4ccccc4)cc3)N2C(=O)OC(C)(C)C)cc1. The fourth-order valence-electron chi connectivity index (χ4n) is 6.04. The van der Waals surface area contributed by atoms with E-state index < -0.39 is 23.8 Å². The summed E-state index contributed by atoms with van der Waals surface area (Å²) in [6.07, 6.45) is -0.153. The molecule has 1 aliphatic rings. The number of carbonyl (C=O) groups excluding carboxylic acids is 3. The van der Waals surface area contributed by atoms with Crippen LogP contribution in [0.2, 0.25) is 0 Å². The van der Waals surface area contributed by atoms with Gasteiger partial charge in [-0.15, -0.1) is 0 Å². The smallest absolute Gasteiger partial charge is 0.411 e. The molecule has 0 radical (unpaired) electrons. The first kappa shape index (κ1) is 30.6. The Bertz CT molecular complexity index is 1870. The number of aromatic nitrogens is 1. The third kappa shape index (κ3) is 6.38. The Morgan fingerprint density at radius 3 is 2.17 bits per heavy atom. The minimum absolute atomic E-state index is 0.133. The van der Waals surface area contributed by atoms with Crippen molar-refractivity contribution in [2.45, 2.75) is 51.3 Å². The number of fused-ring (bicyclic) bond motifs is 3. The number of ether oxygens (including phenoxy) is 2. The van der Waals surface area contributed by atoms with E-state index in [9.17, 15) is 14.4 Å². The van der Waals surface area contributed by atoms with Crippen LogP contribution in [-0.4, -0.2) is 46.6 Å². The number of hydrogen-bond donors (Lipinski definition) is 2. The number of carbonyl (C=O) groups is 3. The van der Waals surface area contributed by atoms with Crippen molar-refractivity contribution in [1.82, 2.24) is 9.88 Å². The first-order chi connectivity index (χ1) is 22.1. The monoisotopic (exact) mass is 615 g/mol. The average Bonchev–Trinajstić information content (AvgIpc) is 3.43. The van der Waals surface area contributed by atoms with Gasteiger partial charge in [0, 0.05) is 28.7 Å². The second-order valence-corrected chi connectivity index (χ2v) is 12.5. The second-order valence-electron chi connectivity index (χ2n) is 12.5. The quantitative estimate of drug-likeness (QED) is 0.193. The zero-order valence-corrected chi connectivity index (χ0v) is 26.4. The summed E-state index contributed by atoms with van der Waals surface area (Å²) in [6, 6.07) is 31.7. The molecule has 2 amide bonds. The Labute approximate surface area is 268 Å². The van der Waals surface area contributed by atoms with Gasteiger partial charge in [0.15, 0.2) is 0 Å². The van der Waals surface area contributed by atoms with E-state index in [0.29, 0.717) is 12.1 Å². The lowest BCUT2D eigenvalue weighted by atomic mass is 9.87. The highest BCUT2D eigenvalue weighted by Gasteiger charge is 2.45. The predicted molar refractivity (Wildman–Crippen MR) is 178 cm³/mol. The zero-order valence-electron chi connectivity index (χ0n) is 26.4. The molecule has 0 bridgehead atoms. The molecule has 8 heteroatoms. The third-order valence-electron chi connectivity index (χ3n) is 8.17. The molecule has 0 saturated carbocycles. The third-order valence-corrected chi connectivity index (χ3v) is 8.17. The molecule has 1 unspecified atom stereocenters. The zero-order chi connectivity index (χ0) is 32.4. The van der Waals surface area contributed by atoms with Gasteiger partial charge in [-0.05, 0) is 66.8 Å². The summed E-state index contributed by atoms with van der Waals surface area (Å²) < 4.78 is 10.7. The standard InChI is InChI=1S/C38H37N3O5/c1-38(2,3)46-37(44)41-32(36(43)39-28-20-14-24(15-21-28)22-33(42)45-4)23-30-29-12-8-9-13-31(29)40-34(30)35(41)27-18-16-26(17-19-27)25-10-6-5-7-11-25/h5-21,32,35,40H,22-23H2,1-4H3,(H,39,43)/t32-,35?/m1/s1. The van der Waals surface area contributed by atoms with Crippen LogP contribution in [0.4, 0.5) is 10.5 Å². The molecule has 1 aliphatic heterocycles. The molecular formula is C38H37N3O5. The molecule has 2 atom stereocenters. The maximum absolute atomic E-state index is 14.2. The van der Waals surface area contributed by atoms with Crippen molar-refractivity contribution in [2.24, 2.45) is 0 Å². The summed E-state index contributed by atoms with van der Waals surface area (Å²) in [6.45, 7) is 5.45. The number of hydrogen-bond acceptors (Lipinski definition) is 5. The Morgan fingerprint density at radius 1 is 0.848 bits per heavy atom. The van der Waals surface area contributed by atoms with Crippen molar-refractivity contribution in [3.63, 3.8) is 0 Å². The summed E-state index contributed by atoms with van der Waals surface area (Å²) in [4.78, 5) is 45.2. The van der Waals surface area contributed by atoms with Gasteiger partial charge in [-0.3, -0.25) is 14.5 Å². The van der Waals surface area contributed by atoms with Crippen LogP contribution in [-0.2, 0) is 31.9 Å². The predicted octanol–water partition coefficient (Wildman–Crippen LogP) is 7.44. The number of H-pyrrole nitrogens is 1. The summed E-state index contributed by atoms with van der Waals surface area (Å²) in [5.41, 5.74) is 6.30. The largest absolute Gasteiger partial charge is 0.469 e. The van der Waals surface area contributed by atoms with Crippen LogP contribution in [0.3, 0.4) is 0 Å². The topological polar surface area (TPSA) is 101 Å². The van der Waals surface area contributed by atoms with Crippen molar-refractivity contribution < 1.29 is 23.9 Å². The van der Waals surface area contributed by atoms with E-state index in [0.717, 1.165) is 44.4 Å². The van der Waals surface area contributed by atoms with Gasteiger partial charge >= 0.3 is 12.1 Å². The minimum Gasteiger partial charge on any atom is -0.469 e. The van der Waals surface area contributed by atoms with Gasteiger partial charge in [-0.1, -0.05) is 84.9 Å². The van der Waals surface area contributed by atoms with Crippen molar-refractivity contribution in [3.05, 3.63) is 126 Å². The molecule has 234 valence electrons. The van der Waals surface area contributed by atoms with Crippen molar-refractivity contribution in [3.8, 4) is 11.1 Å². The van der Waals surface area contributed by atoms with Gasteiger partial charge < -0.3 is 19.8 Å². The van der Waals surface area contributed by atoms with Crippen LogP contribution in [0.15, 0.2) is 103 Å². The highest BCUT2D eigenvalue weighted by molar-refractivity contribution is 5.98. The van der Waals surface area contributed by atoms with Crippen LogP contribution in [0.1, 0.15) is 49.2 Å². The molecule has 46 heavy (non-hydrogen) atoms. The molecule has 6 rings (SSSR count). The summed E-state index contributed by atoms with van der Waals surface area (Å²) in [5.74, 6) is -0.683. The number of benzene rings is 4. The van der Waals surface area contributed by atoms with E-state index in [1.807, 2.05) is 87.5 Å². The average molecular weight is 616 g/mol. The number of aromatic amines is 1. The van der Waals surface area contributed by atoms with Gasteiger partial charge in [0.05, 0.1) is 13.5 Å². The Kier molecular flexibility index (Phi) is 8.37. The molecule has 1 aromatic heterocycles. The lowest BCUT2D eigenvalue weighted by Crippen LogP contribution is -2.54. The first-order valence-electron chi connectivity index (χ1n) is 15.3. The minimum atomic E-state index is -0.880. The lowest BCUT2D eigenvalue weighted by Gasteiger charge is -2.41. The van der Waals surface area contributed by atoms with Gasteiger partial charge in [-0.2, -0.15) is 0 Å². The van der Waals surface area contributed by atoms with Crippen LogP contribution in [0.5, 0.6) is 0 Å². The number of esters is 1. The molecule has 8 nitrogen and oxygen atoms in total. The van der Waals surface area contributed by atoms with Crippen molar-refractivity contribution in [2.75, 3.05) is 12.4 Å². The molecule has 0 spiro atoms. The molecular weight excluding hydrogens is 578 g/mol. The number of rotatable bonds is 6. The molecule has 0 saturated heterocycles. The summed E-state index contributed by atoms with van der Waals surface area (Å²) >= 11 is 0. The van der Waals surface area contributed by atoms with Gasteiger partial charge in [-0.25, -0.2) is 4.79 Å². The molecule has 2 N–H and O–H groups in total. The lowest BCUT2D eigenvalue weighted by molar-refractivity contribution is -0.139. The number of anilines is 1. The van der Waals surface area contributed by atoms with Gasteiger partial charge in [0.2, 0.25) is 5.91 Å². The van der Waals surface area contributed by atoms with E-state index in [2.05, 4.69) is 22.4 Å². The van der Waals surface area contributed by atoms with E-state index >= 15 is 0 Å². The maximum Gasteiger partial charge on any atom is 0.411 e. The van der Waals surface area contributed by atoms with Crippen LogP contribution >= 0.6 is 0 Å². The fraction of sp³-hybridized carbons (Fsp3) is 0.237. The van der Waals surface area contributed by atoms with Crippen LogP contribution in [0.25, 0.3) is 22.0 Å². The van der Waals surface area contributed by atoms with E-state index in [4.69, 9.17) is 9.47 Å². The van der Waals surface area contributed by atoms with Crippen molar-refractivity contribution in [1.29, 1.82) is 0 Å². The fourth-order valence-corrected chi connectivity index (χ4v) is 6.04. The first-order valence-corrected chi connectivity index (χ1v) is 15.3. The van der Waals surface area contributed by atoms with Crippen LogP contribution in [0, 0.1) is 0 Å². The van der Waals surface area contributed by atoms with Gasteiger partial charge in [0.1, 0.15) is 17.7 Å². The number of para-hydroxylation sites is 1. The summed E-state index contributed by atoms with van der Waals surface area (Å²) in [5, 5.41) is 4.02. The van der Waals surface area contributed by atoms with Crippen LogP contribution < -0.4 is 5.32 Å². The number of methoxy groups -OCH3 is 1. The Balaban J connectivity index is 1.42. The molecule has 0 fully saturated rings. The highest BCUT2D eigenvalue weighted by Crippen LogP contribution is 2.42. The van der Waals surface area contributed by atoms with E-state index in [-0.39, 0.29) is 18.3 Å². The molecule has 4 aromatic carbocycles. The highest BCUT2D eigenvalue weighted by atomic mass is 16.6. The normalized spacial score (nSPS) is 16.0. The van der Waals surface area contributed by atoms with E-state index in [1.54, 1.807) is 29.2 Å². The second kappa shape index (κ2) is 12.6. The Hall–Kier alpha value is -5.37. The molecule has 5 aromatic rings. The summed E-state index contributed by atoms with van der Waals surface area (Å²) in [7, 11) is 1.35. The number of nitrogens with one attached hydrogen (secondary N) is 2. The maximum atomic E-state index is 14.2. The van der Waals surface area contributed by atoms with Gasteiger partial charge in [0.25, 0.3) is 0 Å².